The summed E-state index contributed by atoms with van der Waals surface area (Å²) in [6, 6.07) is 9.30. The van der Waals surface area contributed by atoms with Gasteiger partial charge in [0.2, 0.25) is 15.9 Å². The normalized spacial score (nSPS) is 15.6. The van der Waals surface area contributed by atoms with Crippen molar-refractivity contribution in [3.05, 3.63) is 64.5 Å². The van der Waals surface area contributed by atoms with Gasteiger partial charge in [-0.1, -0.05) is 23.7 Å². The number of rotatable bonds is 5. The number of sulfonamides is 1. The molecular formula is C21H18ClF2N3O3S2. The van der Waals surface area contributed by atoms with Crippen LogP contribution in [-0.2, 0) is 14.8 Å². The molecule has 0 aliphatic carbocycles. The molecule has 0 unspecified atom stereocenters. The number of nitrogens with one attached hydrogen (secondary N) is 1. The van der Waals surface area contributed by atoms with E-state index in [4.69, 9.17) is 11.6 Å². The predicted molar refractivity (Wildman–Crippen MR) is 119 cm³/mol. The summed E-state index contributed by atoms with van der Waals surface area (Å²) < 4.78 is 53.6. The van der Waals surface area contributed by atoms with E-state index in [0.29, 0.717) is 29.2 Å². The maximum absolute atomic E-state index is 13.4. The molecule has 0 atom stereocenters. The fourth-order valence-corrected chi connectivity index (χ4v) is 5.93. The van der Waals surface area contributed by atoms with Crippen LogP contribution in [0.2, 0.25) is 5.02 Å². The summed E-state index contributed by atoms with van der Waals surface area (Å²) in [6.07, 6.45) is 0.671. The molecule has 2 heterocycles. The van der Waals surface area contributed by atoms with Gasteiger partial charge in [-0.25, -0.2) is 22.2 Å². The van der Waals surface area contributed by atoms with Gasteiger partial charge in [0.15, 0.2) is 5.13 Å². The van der Waals surface area contributed by atoms with E-state index in [1.165, 1.54) is 33.8 Å². The molecule has 1 aliphatic heterocycles. The van der Waals surface area contributed by atoms with E-state index in [-0.39, 0.29) is 40.6 Å². The lowest BCUT2D eigenvalue weighted by Gasteiger charge is -2.30. The van der Waals surface area contributed by atoms with Crippen molar-refractivity contribution < 1.29 is 22.0 Å². The van der Waals surface area contributed by atoms with Gasteiger partial charge in [0.05, 0.1) is 15.6 Å². The Balaban J connectivity index is 1.37. The van der Waals surface area contributed by atoms with Gasteiger partial charge < -0.3 is 5.32 Å². The standard InChI is InChI=1S/C21H18ClF2N3O3S2/c22-17-11-16(4-5-18(17)24)32(29,30)27-8-6-13(7-9-27)20(28)26-21-25-19(12-31-21)14-2-1-3-15(23)10-14/h1-5,10-13H,6-9H2,(H,25,26,28). The zero-order valence-electron chi connectivity index (χ0n) is 16.6. The van der Waals surface area contributed by atoms with Gasteiger partial charge in [-0.2, -0.15) is 4.31 Å². The number of amides is 1. The minimum atomic E-state index is -3.83. The molecule has 4 rings (SSSR count). The second kappa shape index (κ2) is 9.22. The fourth-order valence-electron chi connectivity index (χ4n) is 3.46. The number of piperidine rings is 1. The van der Waals surface area contributed by atoms with Crippen LogP contribution in [0, 0.1) is 17.6 Å². The maximum atomic E-state index is 13.4. The maximum Gasteiger partial charge on any atom is 0.243 e. The van der Waals surface area contributed by atoms with Gasteiger partial charge >= 0.3 is 0 Å². The summed E-state index contributed by atoms with van der Waals surface area (Å²) in [5, 5.41) is 4.62. The van der Waals surface area contributed by atoms with Crippen molar-refractivity contribution in [1.29, 1.82) is 0 Å². The number of carbonyl (C=O) groups excluding carboxylic acids is 1. The second-order valence-corrected chi connectivity index (χ2v) is 10.5. The van der Waals surface area contributed by atoms with E-state index >= 15 is 0 Å². The SMILES string of the molecule is O=C(Nc1nc(-c2cccc(F)c2)cs1)C1CCN(S(=O)(=O)c2ccc(F)c(Cl)c2)CC1. The second-order valence-electron chi connectivity index (χ2n) is 7.29. The highest BCUT2D eigenvalue weighted by atomic mass is 35.5. The van der Waals surface area contributed by atoms with Crippen molar-refractivity contribution in [2.75, 3.05) is 18.4 Å². The average Bonchev–Trinajstić information content (AvgIpc) is 3.24. The van der Waals surface area contributed by atoms with Gasteiger partial charge in [0, 0.05) is 30.0 Å². The van der Waals surface area contributed by atoms with E-state index in [0.717, 1.165) is 12.1 Å². The predicted octanol–water partition coefficient (Wildman–Crippen LogP) is 4.78. The molecule has 6 nitrogen and oxygen atoms in total. The van der Waals surface area contributed by atoms with Crippen LogP contribution in [0.4, 0.5) is 13.9 Å². The smallest absolute Gasteiger partial charge is 0.243 e. The number of anilines is 1. The molecule has 32 heavy (non-hydrogen) atoms. The zero-order valence-corrected chi connectivity index (χ0v) is 19.0. The lowest BCUT2D eigenvalue weighted by molar-refractivity contribution is -0.120. The summed E-state index contributed by atoms with van der Waals surface area (Å²) in [4.78, 5) is 16.9. The molecule has 1 fully saturated rings. The van der Waals surface area contributed by atoms with Crippen LogP contribution in [0.1, 0.15) is 12.8 Å². The van der Waals surface area contributed by atoms with Gasteiger partial charge in [-0.3, -0.25) is 4.79 Å². The Morgan fingerprint density at radius 3 is 2.59 bits per heavy atom. The van der Waals surface area contributed by atoms with Crippen LogP contribution in [-0.4, -0.2) is 36.7 Å². The summed E-state index contributed by atoms with van der Waals surface area (Å²) in [7, 11) is -3.83. The Hall–Kier alpha value is -2.40. The number of benzene rings is 2. The Morgan fingerprint density at radius 2 is 1.91 bits per heavy atom. The molecule has 0 saturated carbocycles. The molecule has 0 bridgehead atoms. The molecule has 0 spiro atoms. The van der Waals surface area contributed by atoms with Gasteiger partial charge in [0.1, 0.15) is 11.6 Å². The Kier molecular flexibility index (Phi) is 6.57. The highest BCUT2D eigenvalue weighted by Crippen LogP contribution is 2.29. The van der Waals surface area contributed by atoms with Crippen LogP contribution in [0.3, 0.4) is 0 Å². The average molecular weight is 498 g/mol. The lowest BCUT2D eigenvalue weighted by atomic mass is 9.97. The quantitative estimate of drug-likeness (QED) is 0.550. The first kappa shape index (κ1) is 22.8. The minimum absolute atomic E-state index is 0.0838. The van der Waals surface area contributed by atoms with Crippen molar-refractivity contribution >= 4 is 44.0 Å². The molecule has 1 N–H and O–H groups in total. The first-order valence-corrected chi connectivity index (χ1v) is 12.4. The van der Waals surface area contributed by atoms with Crippen molar-refractivity contribution in [1.82, 2.24) is 9.29 Å². The number of aromatic nitrogens is 1. The fraction of sp³-hybridized carbons (Fsp3) is 0.238. The Morgan fingerprint density at radius 1 is 1.16 bits per heavy atom. The summed E-state index contributed by atoms with van der Waals surface area (Å²) >= 11 is 6.95. The highest BCUT2D eigenvalue weighted by Gasteiger charge is 2.32. The van der Waals surface area contributed by atoms with Crippen LogP contribution in [0.5, 0.6) is 0 Å². The molecule has 1 aliphatic rings. The van der Waals surface area contributed by atoms with Crippen LogP contribution < -0.4 is 5.32 Å². The number of hydrogen-bond donors (Lipinski definition) is 1. The van der Waals surface area contributed by atoms with E-state index in [2.05, 4.69) is 10.3 Å². The van der Waals surface area contributed by atoms with Gasteiger partial charge in [-0.15, -0.1) is 11.3 Å². The third-order valence-corrected chi connectivity index (χ3v) is 8.15. The van der Waals surface area contributed by atoms with E-state index < -0.39 is 15.8 Å². The largest absolute Gasteiger partial charge is 0.302 e. The molecule has 1 amide bonds. The molecule has 0 radical (unpaired) electrons. The molecule has 168 valence electrons. The highest BCUT2D eigenvalue weighted by molar-refractivity contribution is 7.89. The van der Waals surface area contributed by atoms with E-state index in [9.17, 15) is 22.0 Å². The van der Waals surface area contributed by atoms with Crippen LogP contribution in [0.25, 0.3) is 11.3 Å². The molecule has 2 aromatic carbocycles. The molecule has 3 aromatic rings. The summed E-state index contributed by atoms with van der Waals surface area (Å²) in [5.74, 6) is -1.68. The van der Waals surface area contributed by atoms with E-state index in [1.54, 1.807) is 17.5 Å². The number of carbonyl (C=O) groups is 1. The van der Waals surface area contributed by atoms with Crippen molar-refractivity contribution in [3.8, 4) is 11.3 Å². The summed E-state index contributed by atoms with van der Waals surface area (Å²) in [6.45, 7) is 0.309. The molecule has 11 heteroatoms. The number of thiazole rings is 1. The van der Waals surface area contributed by atoms with Gasteiger partial charge in [-0.05, 0) is 43.2 Å². The van der Waals surface area contributed by atoms with Crippen molar-refractivity contribution in [2.45, 2.75) is 17.7 Å². The Labute approximate surface area is 192 Å². The molecule has 1 saturated heterocycles. The number of halogens is 3. The van der Waals surface area contributed by atoms with Crippen molar-refractivity contribution in [3.63, 3.8) is 0 Å². The van der Waals surface area contributed by atoms with Gasteiger partial charge in [0.25, 0.3) is 0 Å². The number of hydrogen-bond acceptors (Lipinski definition) is 5. The van der Waals surface area contributed by atoms with Crippen LogP contribution >= 0.6 is 22.9 Å². The zero-order chi connectivity index (χ0) is 22.9. The number of nitrogens with zero attached hydrogens (tertiary/aromatic N) is 2. The Bertz CT molecular complexity index is 1260. The monoisotopic (exact) mass is 497 g/mol. The first-order valence-electron chi connectivity index (χ1n) is 9.71. The third kappa shape index (κ3) is 4.83. The third-order valence-electron chi connectivity index (χ3n) is 5.21. The van der Waals surface area contributed by atoms with E-state index in [1.807, 2.05) is 0 Å². The molecule has 1 aromatic heterocycles. The van der Waals surface area contributed by atoms with Crippen molar-refractivity contribution in [2.24, 2.45) is 5.92 Å². The minimum Gasteiger partial charge on any atom is -0.302 e. The van der Waals surface area contributed by atoms with Crippen LogP contribution in [0.15, 0.2) is 52.7 Å². The molecular weight excluding hydrogens is 480 g/mol. The topological polar surface area (TPSA) is 79.4 Å². The lowest BCUT2D eigenvalue weighted by Crippen LogP contribution is -2.41. The first-order chi connectivity index (χ1) is 15.2. The summed E-state index contributed by atoms with van der Waals surface area (Å²) in [5.41, 5.74) is 1.17.